The Kier molecular flexibility index (Phi) is 4.83. The molecule has 1 atom stereocenters. The van der Waals surface area contributed by atoms with Gasteiger partial charge in [0.2, 0.25) is 0 Å². The van der Waals surface area contributed by atoms with Crippen molar-refractivity contribution in [3.63, 3.8) is 0 Å². The predicted molar refractivity (Wildman–Crippen MR) is 63.7 cm³/mol. The van der Waals surface area contributed by atoms with Crippen LogP contribution in [0.15, 0.2) is 12.3 Å². The summed E-state index contributed by atoms with van der Waals surface area (Å²) >= 11 is 5.86. The molecule has 5 heteroatoms. The third-order valence-electron chi connectivity index (χ3n) is 2.12. The van der Waals surface area contributed by atoms with Crippen molar-refractivity contribution in [2.75, 3.05) is 6.54 Å². The Hall–Kier alpha value is -1.00. The van der Waals surface area contributed by atoms with Crippen molar-refractivity contribution in [3.8, 4) is 0 Å². The van der Waals surface area contributed by atoms with E-state index in [1.807, 2.05) is 11.5 Å². The van der Waals surface area contributed by atoms with Gasteiger partial charge in [-0.15, -0.1) is 0 Å². The van der Waals surface area contributed by atoms with Crippen LogP contribution >= 0.6 is 11.6 Å². The molecule has 1 amide bonds. The third kappa shape index (κ3) is 3.54. The van der Waals surface area contributed by atoms with E-state index >= 15 is 0 Å². The molecule has 1 unspecified atom stereocenters. The average Bonchev–Trinajstić information content (AvgIpc) is 2.56. The van der Waals surface area contributed by atoms with Crippen LogP contribution in [0.1, 0.15) is 30.8 Å². The molecule has 0 radical (unpaired) electrons. The molecule has 0 saturated heterocycles. The number of hydrogen-bond donors (Lipinski definition) is 2. The SMILES string of the molecule is CCCn1cc(Cl)cc1C(=O)NCC(C)O. The highest BCUT2D eigenvalue weighted by Gasteiger charge is 2.12. The fraction of sp³-hybridized carbons (Fsp3) is 0.545. The minimum Gasteiger partial charge on any atom is -0.392 e. The number of carbonyl (C=O) groups excluding carboxylic acids is 1. The van der Waals surface area contributed by atoms with Gasteiger partial charge in [0.15, 0.2) is 0 Å². The van der Waals surface area contributed by atoms with Crippen molar-refractivity contribution >= 4 is 17.5 Å². The Morgan fingerprint density at radius 2 is 2.38 bits per heavy atom. The lowest BCUT2D eigenvalue weighted by Gasteiger charge is -2.09. The van der Waals surface area contributed by atoms with E-state index in [-0.39, 0.29) is 12.5 Å². The molecular formula is C11H17ClN2O2. The predicted octanol–water partition coefficient (Wildman–Crippen LogP) is 1.66. The molecule has 0 fully saturated rings. The van der Waals surface area contributed by atoms with Crippen molar-refractivity contribution in [2.24, 2.45) is 0 Å². The van der Waals surface area contributed by atoms with E-state index < -0.39 is 6.10 Å². The number of aromatic nitrogens is 1. The monoisotopic (exact) mass is 244 g/mol. The Morgan fingerprint density at radius 1 is 1.69 bits per heavy atom. The van der Waals surface area contributed by atoms with Crippen LogP contribution in [0, 0.1) is 0 Å². The molecule has 0 aromatic carbocycles. The largest absolute Gasteiger partial charge is 0.392 e. The molecule has 0 aliphatic carbocycles. The maximum Gasteiger partial charge on any atom is 0.268 e. The number of nitrogens with one attached hydrogen (secondary N) is 1. The van der Waals surface area contributed by atoms with Gasteiger partial charge >= 0.3 is 0 Å². The highest BCUT2D eigenvalue weighted by molar-refractivity contribution is 6.31. The van der Waals surface area contributed by atoms with Gasteiger partial charge in [0, 0.05) is 19.3 Å². The molecule has 0 saturated carbocycles. The second-order valence-corrected chi connectivity index (χ2v) is 4.23. The number of nitrogens with zero attached hydrogens (tertiary/aromatic N) is 1. The van der Waals surface area contributed by atoms with Crippen LogP contribution in [-0.4, -0.2) is 28.2 Å². The Balaban J connectivity index is 2.73. The molecule has 4 nitrogen and oxygen atoms in total. The zero-order valence-corrected chi connectivity index (χ0v) is 10.3. The molecule has 1 aromatic rings. The van der Waals surface area contributed by atoms with Crippen LogP contribution < -0.4 is 5.32 Å². The highest BCUT2D eigenvalue weighted by atomic mass is 35.5. The zero-order valence-electron chi connectivity index (χ0n) is 9.53. The van der Waals surface area contributed by atoms with Crippen molar-refractivity contribution < 1.29 is 9.90 Å². The second-order valence-electron chi connectivity index (χ2n) is 3.80. The van der Waals surface area contributed by atoms with Gasteiger partial charge in [-0.3, -0.25) is 4.79 Å². The number of aliphatic hydroxyl groups is 1. The molecule has 1 aromatic heterocycles. The van der Waals surface area contributed by atoms with E-state index in [1.54, 1.807) is 19.2 Å². The summed E-state index contributed by atoms with van der Waals surface area (Å²) in [7, 11) is 0. The van der Waals surface area contributed by atoms with Gasteiger partial charge < -0.3 is 15.0 Å². The zero-order chi connectivity index (χ0) is 12.1. The first-order valence-electron chi connectivity index (χ1n) is 5.36. The number of rotatable bonds is 5. The number of amides is 1. The molecule has 2 N–H and O–H groups in total. The summed E-state index contributed by atoms with van der Waals surface area (Å²) in [6.45, 7) is 4.65. The molecule has 16 heavy (non-hydrogen) atoms. The van der Waals surface area contributed by atoms with Crippen molar-refractivity contribution in [1.29, 1.82) is 0 Å². The maximum absolute atomic E-state index is 11.8. The van der Waals surface area contributed by atoms with Gasteiger partial charge in [-0.2, -0.15) is 0 Å². The summed E-state index contributed by atoms with van der Waals surface area (Å²) < 4.78 is 1.82. The van der Waals surface area contributed by atoms with Crippen LogP contribution in [0.4, 0.5) is 0 Å². The van der Waals surface area contributed by atoms with Crippen LogP contribution in [0.25, 0.3) is 0 Å². The minimum atomic E-state index is -0.547. The first kappa shape index (κ1) is 13.1. The number of aliphatic hydroxyl groups excluding tert-OH is 1. The number of aryl methyl sites for hydroxylation is 1. The molecule has 0 spiro atoms. The van der Waals surface area contributed by atoms with E-state index in [0.29, 0.717) is 10.7 Å². The summed E-state index contributed by atoms with van der Waals surface area (Å²) in [6.07, 6.45) is 2.12. The second kappa shape index (κ2) is 5.92. The smallest absolute Gasteiger partial charge is 0.268 e. The Labute approximate surface area is 100 Å². The van der Waals surface area contributed by atoms with Gasteiger partial charge in [-0.25, -0.2) is 0 Å². The molecule has 90 valence electrons. The van der Waals surface area contributed by atoms with E-state index in [0.717, 1.165) is 13.0 Å². The average molecular weight is 245 g/mol. The lowest BCUT2D eigenvalue weighted by molar-refractivity contribution is 0.0914. The molecule has 0 bridgehead atoms. The van der Waals surface area contributed by atoms with Gasteiger partial charge in [0.1, 0.15) is 5.69 Å². The molecular weight excluding hydrogens is 228 g/mol. The number of halogens is 1. The summed E-state index contributed by atoms with van der Waals surface area (Å²) in [5, 5.41) is 12.3. The van der Waals surface area contributed by atoms with Crippen LogP contribution in [0.3, 0.4) is 0 Å². The topological polar surface area (TPSA) is 54.3 Å². The van der Waals surface area contributed by atoms with Crippen LogP contribution in [-0.2, 0) is 6.54 Å². The maximum atomic E-state index is 11.8. The quantitative estimate of drug-likeness (QED) is 0.828. The standard InChI is InChI=1S/C11H17ClN2O2/c1-3-4-14-7-9(12)5-10(14)11(16)13-6-8(2)15/h5,7-8,15H,3-4,6H2,1-2H3,(H,13,16). The first-order chi connectivity index (χ1) is 7.54. The summed E-state index contributed by atoms with van der Waals surface area (Å²) in [4.78, 5) is 11.8. The van der Waals surface area contributed by atoms with Crippen LogP contribution in [0.2, 0.25) is 5.02 Å². The van der Waals surface area contributed by atoms with E-state index in [4.69, 9.17) is 16.7 Å². The summed E-state index contributed by atoms with van der Waals surface area (Å²) in [5.74, 6) is -0.207. The fourth-order valence-electron chi connectivity index (χ4n) is 1.42. The number of carbonyl (C=O) groups is 1. The van der Waals surface area contributed by atoms with Gasteiger partial charge in [0.05, 0.1) is 11.1 Å². The van der Waals surface area contributed by atoms with E-state index in [2.05, 4.69) is 5.32 Å². The lowest BCUT2D eigenvalue weighted by atomic mass is 10.3. The van der Waals surface area contributed by atoms with Crippen molar-refractivity contribution in [2.45, 2.75) is 32.9 Å². The Morgan fingerprint density at radius 3 is 2.94 bits per heavy atom. The van der Waals surface area contributed by atoms with Crippen molar-refractivity contribution in [1.82, 2.24) is 9.88 Å². The van der Waals surface area contributed by atoms with Gasteiger partial charge in [-0.05, 0) is 19.4 Å². The minimum absolute atomic E-state index is 0.207. The molecule has 0 aliphatic rings. The lowest BCUT2D eigenvalue weighted by Crippen LogP contribution is -2.31. The van der Waals surface area contributed by atoms with E-state index in [9.17, 15) is 4.79 Å². The van der Waals surface area contributed by atoms with Gasteiger partial charge in [0.25, 0.3) is 5.91 Å². The highest BCUT2D eigenvalue weighted by Crippen LogP contribution is 2.14. The van der Waals surface area contributed by atoms with Crippen molar-refractivity contribution in [3.05, 3.63) is 23.0 Å². The van der Waals surface area contributed by atoms with Gasteiger partial charge in [-0.1, -0.05) is 18.5 Å². The molecule has 1 heterocycles. The number of hydrogen-bond acceptors (Lipinski definition) is 2. The third-order valence-corrected chi connectivity index (χ3v) is 2.33. The normalized spacial score (nSPS) is 12.5. The summed E-state index contributed by atoms with van der Waals surface area (Å²) in [5.41, 5.74) is 0.535. The van der Waals surface area contributed by atoms with Crippen LogP contribution in [0.5, 0.6) is 0 Å². The van der Waals surface area contributed by atoms with E-state index in [1.165, 1.54) is 0 Å². The first-order valence-corrected chi connectivity index (χ1v) is 5.74. The molecule has 1 rings (SSSR count). The Bertz CT molecular complexity index is 361. The fourth-order valence-corrected chi connectivity index (χ4v) is 1.64. The molecule has 0 aliphatic heterocycles. The summed E-state index contributed by atoms with van der Waals surface area (Å²) in [6, 6.07) is 1.63.